The molecule has 0 spiro atoms. The van der Waals surface area contributed by atoms with Crippen LogP contribution in [0.3, 0.4) is 0 Å². The summed E-state index contributed by atoms with van der Waals surface area (Å²) in [6.07, 6.45) is 3.32. The minimum Gasteiger partial charge on any atom is -0.311 e. The molecule has 1 heterocycles. The van der Waals surface area contributed by atoms with Crippen molar-refractivity contribution in [3.05, 3.63) is 35.6 Å². The van der Waals surface area contributed by atoms with Gasteiger partial charge in [-0.3, -0.25) is 0 Å². The molecule has 2 rings (SSSR count). The van der Waals surface area contributed by atoms with Crippen molar-refractivity contribution in [2.75, 3.05) is 6.54 Å². The van der Waals surface area contributed by atoms with Gasteiger partial charge in [0.15, 0.2) is 0 Å². The molecule has 1 fully saturated rings. The van der Waals surface area contributed by atoms with E-state index in [9.17, 15) is 8.78 Å². The molecule has 1 aliphatic rings. The van der Waals surface area contributed by atoms with Gasteiger partial charge in [-0.2, -0.15) is 0 Å². The zero-order chi connectivity index (χ0) is 12.3. The minimum absolute atomic E-state index is 0.112. The highest BCUT2D eigenvalue weighted by atomic mass is 19.1. The zero-order valence-electron chi connectivity index (χ0n) is 10.2. The summed E-state index contributed by atoms with van der Waals surface area (Å²) in [5.41, 5.74) is -0.587. The van der Waals surface area contributed by atoms with E-state index >= 15 is 0 Å². The fourth-order valence-corrected chi connectivity index (χ4v) is 2.53. The molecule has 1 aromatic rings. The maximum Gasteiger partial charge on any atom is 0.127 e. The normalized spacial score (nSPS) is 24.3. The third-order valence-corrected chi connectivity index (χ3v) is 3.48. The number of halogens is 2. The summed E-state index contributed by atoms with van der Waals surface area (Å²) in [5.74, 6) is -0.296. The lowest BCUT2D eigenvalue weighted by Gasteiger charge is -2.34. The van der Waals surface area contributed by atoms with Crippen LogP contribution in [-0.2, 0) is 6.42 Å². The molecule has 0 bridgehead atoms. The fraction of sp³-hybridized carbons (Fsp3) is 0.571. The Morgan fingerprint density at radius 2 is 2.24 bits per heavy atom. The second kappa shape index (κ2) is 5.13. The number of benzene rings is 1. The Kier molecular flexibility index (Phi) is 3.77. The van der Waals surface area contributed by atoms with Gasteiger partial charge in [0.2, 0.25) is 0 Å². The Labute approximate surface area is 101 Å². The van der Waals surface area contributed by atoms with Gasteiger partial charge in [0, 0.05) is 12.5 Å². The van der Waals surface area contributed by atoms with Gasteiger partial charge in [0.1, 0.15) is 11.5 Å². The van der Waals surface area contributed by atoms with Crippen molar-refractivity contribution >= 4 is 0 Å². The van der Waals surface area contributed by atoms with Crippen LogP contribution in [0.1, 0.15) is 31.7 Å². The molecular formula is C14H19F2N. The van der Waals surface area contributed by atoms with Crippen LogP contribution in [0.25, 0.3) is 0 Å². The topological polar surface area (TPSA) is 12.0 Å². The molecule has 0 saturated carbocycles. The first kappa shape index (κ1) is 12.5. The molecule has 1 N–H and O–H groups in total. The summed E-state index contributed by atoms with van der Waals surface area (Å²) < 4.78 is 27.7. The Balaban J connectivity index is 2.05. The van der Waals surface area contributed by atoms with Crippen molar-refractivity contribution in [2.24, 2.45) is 0 Å². The van der Waals surface area contributed by atoms with Gasteiger partial charge in [0.05, 0.1) is 0 Å². The fourth-order valence-electron chi connectivity index (χ4n) is 2.53. The van der Waals surface area contributed by atoms with E-state index in [1.54, 1.807) is 19.1 Å². The minimum atomic E-state index is -1.31. The van der Waals surface area contributed by atoms with Gasteiger partial charge < -0.3 is 5.32 Å². The average Bonchev–Trinajstić information content (AvgIpc) is 2.29. The molecule has 94 valence electrons. The number of hydrogen-bond acceptors (Lipinski definition) is 1. The highest BCUT2D eigenvalue weighted by Crippen LogP contribution is 2.27. The number of alkyl halides is 1. The van der Waals surface area contributed by atoms with Crippen LogP contribution >= 0.6 is 0 Å². The Morgan fingerprint density at radius 1 is 1.41 bits per heavy atom. The Hall–Kier alpha value is -0.960. The van der Waals surface area contributed by atoms with Crippen molar-refractivity contribution in [3.63, 3.8) is 0 Å². The molecular weight excluding hydrogens is 220 g/mol. The highest BCUT2D eigenvalue weighted by Gasteiger charge is 2.34. The van der Waals surface area contributed by atoms with E-state index < -0.39 is 5.67 Å². The largest absolute Gasteiger partial charge is 0.311 e. The monoisotopic (exact) mass is 239 g/mol. The molecule has 1 aromatic carbocycles. The molecule has 3 heteroatoms. The van der Waals surface area contributed by atoms with Gasteiger partial charge in [-0.25, -0.2) is 8.78 Å². The van der Waals surface area contributed by atoms with Gasteiger partial charge in [-0.05, 0) is 44.0 Å². The second-order valence-corrected chi connectivity index (χ2v) is 5.09. The standard InChI is InChI=1S/C14H19F2N/c1-14(16,13-7-2-3-8-17-13)10-11-5-4-6-12(15)9-11/h4-6,9,13,17H,2-3,7-8,10H2,1H3. The first-order chi connectivity index (χ1) is 8.08. The lowest BCUT2D eigenvalue weighted by atomic mass is 9.86. The molecule has 1 saturated heterocycles. The molecule has 1 nitrogen and oxygen atoms in total. The molecule has 1 aliphatic heterocycles. The smallest absolute Gasteiger partial charge is 0.127 e. The summed E-state index contributed by atoms with van der Waals surface area (Å²) in [5, 5.41) is 3.23. The van der Waals surface area contributed by atoms with Crippen molar-refractivity contribution in [1.82, 2.24) is 5.32 Å². The van der Waals surface area contributed by atoms with Gasteiger partial charge >= 0.3 is 0 Å². The van der Waals surface area contributed by atoms with Crippen molar-refractivity contribution < 1.29 is 8.78 Å². The number of piperidine rings is 1. The molecule has 17 heavy (non-hydrogen) atoms. The summed E-state index contributed by atoms with van der Waals surface area (Å²) in [4.78, 5) is 0. The van der Waals surface area contributed by atoms with Crippen LogP contribution in [0.4, 0.5) is 8.78 Å². The van der Waals surface area contributed by atoms with Crippen LogP contribution in [0.5, 0.6) is 0 Å². The molecule has 0 radical (unpaired) electrons. The summed E-state index contributed by atoms with van der Waals surface area (Å²) in [6, 6.07) is 6.11. The third-order valence-electron chi connectivity index (χ3n) is 3.48. The Morgan fingerprint density at radius 3 is 2.88 bits per heavy atom. The number of nitrogens with one attached hydrogen (secondary N) is 1. The first-order valence-corrected chi connectivity index (χ1v) is 6.25. The lowest BCUT2D eigenvalue weighted by Crippen LogP contribution is -2.49. The SMILES string of the molecule is CC(F)(Cc1cccc(F)c1)C1CCCCN1. The van der Waals surface area contributed by atoms with Gasteiger partial charge in [-0.15, -0.1) is 0 Å². The Bertz CT molecular complexity index is 370. The summed E-state index contributed by atoms with van der Waals surface area (Å²) >= 11 is 0. The first-order valence-electron chi connectivity index (χ1n) is 6.25. The summed E-state index contributed by atoms with van der Waals surface area (Å²) in [6.45, 7) is 2.49. The van der Waals surface area contributed by atoms with E-state index in [2.05, 4.69) is 5.32 Å². The zero-order valence-corrected chi connectivity index (χ0v) is 10.2. The van der Waals surface area contributed by atoms with Crippen LogP contribution in [0.15, 0.2) is 24.3 Å². The molecule has 2 unspecified atom stereocenters. The molecule has 0 amide bonds. The maximum atomic E-state index is 14.6. The van der Waals surface area contributed by atoms with E-state index in [0.717, 1.165) is 31.4 Å². The molecule has 2 atom stereocenters. The maximum absolute atomic E-state index is 14.6. The molecule has 0 aliphatic carbocycles. The van der Waals surface area contributed by atoms with E-state index in [4.69, 9.17) is 0 Å². The van der Waals surface area contributed by atoms with Crippen LogP contribution in [-0.4, -0.2) is 18.3 Å². The van der Waals surface area contributed by atoms with E-state index in [0.29, 0.717) is 0 Å². The van der Waals surface area contributed by atoms with E-state index in [-0.39, 0.29) is 18.3 Å². The van der Waals surface area contributed by atoms with Crippen molar-refractivity contribution in [3.8, 4) is 0 Å². The predicted molar refractivity (Wildman–Crippen MR) is 65.3 cm³/mol. The number of hydrogen-bond donors (Lipinski definition) is 1. The van der Waals surface area contributed by atoms with Crippen LogP contribution in [0, 0.1) is 5.82 Å². The predicted octanol–water partition coefficient (Wildman–Crippen LogP) is 3.24. The third kappa shape index (κ3) is 3.25. The van der Waals surface area contributed by atoms with E-state index in [1.807, 2.05) is 0 Å². The molecule has 0 aromatic heterocycles. The quantitative estimate of drug-likeness (QED) is 0.854. The number of rotatable bonds is 3. The second-order valence-electron chi connectivity index (χ2n) is 5.09. The van der Waals surface area contributed by atoms with Gasteiger partial charge in [-0.1, -0.05) is 18.6 Å². The van der Waals surface area contributed by atoms with Crippen molar-refractivity contribution in [2.45, 2.75) is 44.3 Å². The van der Waals surface area contributed by atoms with Crippen LogP contribution < -0.4 is 5.32 Å². The van der Waals surface area contributed by atoms with Crippen molar-refractivity contribution in [1.29, 1.82) is 0 Å². The average molecular weight is 239 g/mol. The van der Waals surface area contributed by atoms with E-state index in [1.165, 1.54) is 12.1 Å². The van der Waals surface area contributed by atoms with Gasteiger partial charge in [0.25, 0.3) is 0 Å². The van der Waals surface area contributed by atoms with Crippen LogP contribution in [0.2, 0.25) is 0 Å². The highest BCUT2D eigenvalue weighted by molar-refractivity contribution is 5.19. The summed E-state index contributed by atoms with van der Waals surface area (Å²) in [7, 11) is 0. The lowest BCUT2D eigenvalue weighted by molar-refractivity contribution is 0.108.